The molecule has 0 radical (unpaired) electrons. The Balaban J connectivity index is 1.64. The first-order valence-corrected chi connectivity index (χ1v) is 9.75. The van der Waals surface area contributed by atoms with E-state index in [4.69, 9.17) is 14.3 Å². The van der Waals surface area contributed by atoms with Crippen molar-refractivity contribution >= 4 is 12.1 Å². The first-order chi connectivity index (χ1) is 15.0. The molecule has 7 nitrogen and oxygen atoms in total. The summed E-state index contributed by atoms with van der Waals surface area (Å²) in [6.07, 6.45) is 3.46. The summed E-state index contributed by atoms with van der Waals surface area (Å²) in [5.41, 5.74) is 6.35. The zero-order valence-electron chi connectivity index (χ0n) is 17.5. The van der Waals surface area contributed by atoms with E-state index >= 15 is 0 Å². The number of carbonyl (C=O) groups excluding carboxylic acids is 1. The first-order valence-electron chi connectivity index (χ1n) is 9.75. The third-order valence-corrected chi connectivity index (χ3v) is 4.78. The monoisotopic (exact) mass is 414 g/mol. The fourth-order valence-electron chi connectivity index (χ4n) is 3.24. The molecule has 0 aliphatic heterocycles. The average Bonchev–Trinajstić information content (AvgIpc) is 3.37. The molecular weight excluding hydrogens is 392 g/mol. The van der Waals surface area contributed by atoms with E-state index in [1.54, 1.807) is 37.9 Å². The van der Waals surface area contributed by atoms with Crippen LogP contribution in [0.2, 0.25) is 0 Å². The molecule has 4 rings (SSSR count). The standard InChI is InChI=1S/C24H22N4O3/c1-16-13-22(17(2)31-16)24(29)26-25-14-19-15-28(20-7-5-4-6-8-20)27-23(19)18-9-11-21(30-3)12-10-18/h4-15H,1-3H3,(H,26,29)/b25-14-. The second kappa shape index (κ2) is 8.71. The molecule has 7 heteroatoms. The molecule has 0 saturated carbocycles. The van der Waals surface area contributed by atoms with Crippen molar-refractivity contribution in [3.63, 3.8) is 0 Å². The molecule has 1 N–H and O–H groups in total. The van der Waals surface area contributed by atoms with Crippen LogP contribution in [0.5, 0.6) is 5.75 Å². The van der Waals surface area contributed by atoms with Crippen molar-refractivity contribution < 1.29 is 13.9 Å². The van der Waals surface area contributed by atoms with Crippen LogP contribution in [0, 0.1) is 13.8 Å². The minimum Gasteiger partial charge on any atom is -0.497 e. The second-order valence-corrected chi connectivity index (χ2v) is 6.97. The molecule has 2 heterocycles. The second-order valence-electron chi connectivity index (χ2n) is 6.97. The molecule has 2 aromatic heterocycles. The summed E-state index contributed by atoms with van der Waals surface area (Å²) >= 11 is 0. The van der Waals surface area contributed by atoms with Crippen molar-refractivity contribution in [2.75, 3.05) is 7.11 Å². The summed E-state index contributed by atoms with van der Waals surface area (Å²) in [5.74, 6) is 1.67. The number of hydrogen-bond donors (Lipinski definition) is 1. The summed E-state index contributed by atoms with van der Waals surface area (Å²) in [4.78, 5) is 12.4. The molecule has 0 aliphatic rings. The Morgan fingerprint density at radius 1 is 1.13 bits per heavy atom. The maximum atomic E-state index is 12.4. The van der Waals surface area contributed by atoms with E-state index in [9.17, 15) is 4.79 Å². The molecule has 1 amide bonds. The summed E-state index contributed by atoms with van der Waals surface area (Å²) in [6, 6.07) is 19.1. The molecule has 2 aromatic carbocycles. The Morgan fingerprint density at radius 2 is 1.87 bits per heavy atom. The summed E-state index contributed by atoms with van der Waals surface area (Å²) in [5, 5.41) is 8.89. The van der Waals surface area contributed by atoms with Crippen molar-refractivity contribution in [1.29, 1.82) is 0 Å². The number of aromatic nitrogens is 2. The highest BCUT2D eigenvalue weighted by molar-refractivity contribution is 5.96. The lowest BCUT2D eigenvalue weighted by Gasteiger charge is -2.02. The number of methoxy groups -OCH3 is 1. The van der Waals surface area contributed by atoms with Crippen molar-refractivity contribution in [2.45, 2.75) is 13.8 Å². The highest BCUT2D eigenvalue weighted by Gasteiger charge is 2.14. The fraction of sp³-hybridized carbons (Fsp3) is 0.125. The third kappa shape index (κ3) is 4.40. The number of benzene rings is 2. The minimum atomic E-state index is -0.327. The summed E-state index contributed by atoms with van der Waals surface area (Å²) in [7, 11) is 1.63. The van der Waals surface area contributed by atoms with Crippen LogP contribution in [-0.4, -0.2) is 29.0 Å². The Bertz CT molecular complexity index is 1220. The number of nitrogens with zero attached hydrogens (tertiary/aromatic N) is 3. The SMILES string of the molecule is COc1ccc(-c2nn(-c3ccccc3)cc2/C=N\NC(=O)c2cc(C)oc2C)cc1. The topological polar surface area (TPSA) is 81.6 Å². The third-order valence-electron chi connectivity index (χ3n) is 4.78. The number of aryl methyl sites for hydroxylation is 2. The van der Waals surface area contributed by atoms with Gasteiger partial charge in [0.15, 0.2) is 0 Å². The molecule has 0 atom stereocenters. The van der Waals surface area contributed by atoms with Crippen molar-refractivity contribution in [2.24, 2.45) is 5.10 Å². The normalized spacial score (nSPS) is 11.1. The van der Waals surface area contributed by atoms with Crippen LogP contribution in [0.1, 0.15) is 27.4 Å². The molecule has 0 fully saturated rings. The zero-order valence-corrected chi connectivity index (χ0v) is 17.5. The van der Waals surface area contributed by atoms with Crippen LogP contribution in [0.15, 0.2) is 76.4 Å². The van der Waals surface area contributed by atoms with Gasteiger partial charge in [0.05, 0.1) is 24.6 Å². The smallest absolute Gasteiger partial charge is 0.274 e. The van der Waals surface area contributed by atoms with Crippen molar-refractivity contribution in [3.8, 4) is 22.7 Å². The van der Waals surface area contributed by atoms with Crippen LogP contribution in [0.25, 0.3) is 16.9 Å². The van der Waals surface area contributed by atoms with E-state index in [0.717, 1.165) is 28.3 Å². The Kier molecular flexibility index (Phi) is 5.66. The zero-order chi connectivity index (χ0) is 21.8. The summed E-state index contributed by atoms with van der Waals surface area (Å²) in [6.45, 7) is 3.55. The van der Waals surface area contributed by atoms with Crippen LogP contribution >= 0.6 is 0 Å². The highest BCUT2D eigenvalue weighted by atomic mass is 16.5. The van der Waals surface area contributed by atoms with Gasteiger partial charge >= 0.3 is 0 Å². The van der Waals surface area contributed by atoms with Crippen LogP contribution in [-0.2, 0) is 0 Å². The number of rotatable bonds is 6. The van der Waals surface area contributed by atoms with E-state index in [1.165, 1.54) is 0 Å². The lowest BCUT2D eigenvalue weighted by Crippen LogP contribution is -2.17. The molecule has 31 heavy (non-hydrogen) atoms. The van der Waals surface area contributed by atoms with E-state index in [2.05, 4.69) is 10.5 Å². The largest absolute Gasteiger partial charge is 0.497 e. The molecular formula is C24H22N4O3. The maximum Gasteiger partial charge on any atom is 0.274 e. The number of hydrogen-bond acceptors (Lipinski definition) is 5. The molecule has 0 aliphatic carbocycles. The molecule has 4 aromatic rings. The Hall–Kier alpha value is -4.13. The molecule has 156 valence electrons. The number of para-hydroxylation sites is 1. The van der Waals surface area contributed by atoms with Crippen LogP contribution in [0.4, 0.5) is 0 Å². The number of hydrazone groups is 1. The predicted molar refractivity (Wildman–Crippen MR) is 119 cm³/mol. The van der Waals surface area contributed by atoms with Gasteiger partial charge in [0, 0.05) is 17.3 Å². The van der Waals surface area contributed by atoms with Gasteiger partial charge in [0.25, 0.3) is 5.91 Å². The van der Waals surface area contributed by atoms with Gasteiger partial charge in [-0.2, -0.15) is 10.2 Å². The molecule has 0 unspecified atom stereocenters. The van der Waals surface area contributed by atoms with Crippen LogP contribution in [0.3, 0.4) is 0 Å². The van der Waals surface area contributed by atoms with Gasteiger partial charge in [-0.15, -0.1) is 0 Å². The van der Waals surface area contributed by atoms with E-state index in [-0.39, 0.29) is 5.91 Å². The van der Waals surface area contributed by atoms with Crippen molar-refractivity contribution in [3.05, 3.63) is 89.5 Å². The van der Waals surface area contributed by atoms with E-state index in [0.29, 0.717) is 17.1 Å². The first kappa shape index (κ1) is 20.2. The lowest BCUT2D eigenvalue weighted by atomic mass is 10.1. The van der Waals surface area contributed by atoms with Gasteiger partial charge in [-0.1, -0.05) is 18.2 Å². The number of carbonyl (C=O) groups is 1. The van der Waals surface area contributed by atoms with Gasteiger partial charge < -0.3 is 9.15 Å². The fourth-order valence-corrected chi connectivity index (χ4v) is 3.24. The van der Waals surface area contributed by atoms with E-state index in [1.807, 2.05) is 60.8 Å². The van der Waals surface area contributed by atoms with E-state index < -0.39 is 0 Å². The van der Waals surface area contributed by atoms with Gasteiger partial charge in [0.2, 0.25) is 0 Å². The predicted octanol–water partition coefficient (Wildman–Crippen LogP) is 4.52. The maximum absolute atomic E-state index is 12.4. The van der Waals surface area contributed by atoms with Gasteiger partial charge in [-0.05, 0) is 56.3 Å². The van der Waals surface area contributed by atoms with Gasteiger partial charge in [-0.25, -0.2) is 10.1 Å². The lowest BCUT2D eigenvalue weighted by molar-refractivity contribution is 0.0953. The minimum absolute atomic E-state index is 0.327. The van der Waals surface area contributed by atoms with Gasteiger partial charge in [0.1, 0.15) is 23.0 Å². The number of nitrogens with one attached hydrogen (secondary N) is 1. The highest BCUT2D eigenvalue weighted by Crippen LogP contribution is 2.25. The molecule has 0 bridgehead atoms. The Morgan fingerprint density at radius 3 is 2.52 bits per heavy atom. The number of furan rings is 1. The van der Waals surface area contributed by atoms with Crippen LogP contribution < -0.4 is 10.2 Å². The van der Waals surface area contributed by atoms with Crippen molar-refractivity contribution in [1.82, 2.24) is 15.2 Å². The summed E-state index contributed by atoms with van der Waals surface area (Å²) < 4.78 is 12.4. The van der Waals surface area contributed by atoms with Gasteiger partial charge in [-0.3, -0.25) is 4.79 Å². The number of amides is 1. The molecule has 0 saturated heterocycles. The molecule has 0 spiro atoms. The number of ether oxygens (including phenoxy) is 1. The Labute approximate surface area is 180 Å². The average molecular weight is 414 g/mol. The quantitative estimate of drug-likeness (QED) is 0.371.